The zero-order valence-corrected chi connectivity index (χ0v) is 11.3. The van der Waals surface area contributed by atoms with Crippen LogP contribution in [0.1, 0.15) is 18.9 Å². The molecule has 0 fully saturated rings. The highest BCUT2D eigenvalue weighted by atomic mass is 16.3. The molecule has 0 bridgehead atoms. The lowest BCUT2D eigenvalue weighted by Crippen LogP contribution is -2.42. The van der Waals surface area contributed by atoms with E-state index in [-0.39, 0.29) is 12.2 Å². The lowest BCUT2D eigenvalue weighted by Gasteiger charge is -2.34. The van der Waals surface area contributed by atoms with Crippen LogP contribution in [0.25, 0.3) is 0 Å². The topological polar surface area (TPSA) is 83.6 Å². The van der Waals surface area contributed by atoms with Crippen LogP contribution in [0.4, 0.5) is 0 Å². The van der Waals surface area contributed by atoms with E-state index >= 15 is 0 Å². The number of nitrogens with two attached hydrogens (primary N) is 1. The Bertz CT molecular complexity index is 539. The van der Waals surface area contributed by atoms with Gasteiger partial charge >= 0.3 is 0 Å². The molecule has 5 heteroatoms. The maximum Gasteiger partial charge on any atom is 0.225 e. The molecule has 0 saturated carbocycles. The number of amides is 1. The van der Waals surface area contributed by atoms with Crippen LogP contribution >= 0.6 is 0 Å². The summed E-state index contributed by atoms with van der Waals surface area (Å²) >= 11 is 0. The van der Waals surface area contributed by atoms with E-state index < -0.39 is 18.1 Å². The average Bonchev–Trinajstić information content (AvgIpc) is 2.41. The van der Waals surface area contributed by atoms with E-state index in [4.69, 9.17) is 5.73 Å². The molecule has 1 aromatic carbocycles. The number of carbonyl (C=O) groups is 2. The highest BCUT2D eigenvalue weighted by Gasteiger charge is 2.33. The molecule has 1 aliphatic heterocycles. The molecule has 3 N–H and O–H groups in total. The minimum absolute atomic E-state index is 0.146. The molecule has 1 aliphatic rings. The van der Waals surface area contributed by atoms with E-state index in [1.54, 1.807) is 11.1 Å². The first kappa shape index (κ1) is 14.3. The second-order valence-corrected chi connectivity index (χ2v) is 4.97. The van der Waals surface area contributed by atoms with Crippen molar-refractivity contribution < 1.29 is 14.7 Å². The fraction of sp³-hybridized carbons (Fsp3) is 0.333. The average molecular weight is 274 g/mol. The summed E-state index contributed by atoms with van der Waals surface area (Å²) in [5.41, 5.74) is 6.67. The van der Waals surface area contributed by atoms with Gasteiger partial charge in [-0.2, -0.15) is 0 Å². The molecule has 1 aromatic rings. The Morgan fingerprint density at radius 2 is 2.00 bits per heavy atom. The van der Waals surface area contributed by atoms with Crippen molar-refractivity contribution in [1.29, 1.82) is 0 Å². The first-order valence-corrected chi connectivity index (χ1v) is 6.48. The third kappa shape index (κ3) is 3.05. The van der Waals surface area contributed by atoms with Gasteiger partial charge in [0.15, 0.2) is 5.78 Å². The summed E-state index contributed by atoms with van der Waals surface area (Å²) in [4.78, 5) is 24.7. The molecular weight excluding hydrogens is 256 g/mol. The Kier molecular flexibility index (Phi) is 4.20. The Morgan fingerprint density at radius 1 is 1.35 bits per heavy atom. The van der Waals surface area contributed by atoms with Crippen molar-refractivity contribution in [3.05, 3.63) is 47.7 Å². The standard InChI is InChI=1S/C15H18N2O3/c1-10(18)13-9-17(8-11-5-3-2-4-6-11)14(19)7-12(13)15(16)20/h2-6,9,12,14,19H,7-8H2,1H3,(H2,16,20)/t12-,14-/m0/s1. The van der Waals surface area contributed by atoms with Crippen LogP contribution < -0.4 is 5.73 Å². The highest BCUT2D eigenvalue weighted by Crippen LogP contribution is 2.27. The van der Waals surface area contributed by atoms with Crippen molar-refractivity contribution in [2.24, 2.45) is 11.7 Å². The fourth-order valence-electron chi connectivity index (χ4n) is 2.38. The largest absolute Gasteiger partial charge is 0.374 e. The summed E-state index contributed by atoms with van der Waals surface area (Å²) in [6.07, 6.45) is 0.878. The number of hydrogen-bond acceptors (Lipinski definition) is 4. The zero-order valence-electron chi connectivity index (χ0n) is 11.3. The number of rotatable bonds is 4. The van der Waals surface area contributed by atoms with Crippen LogP contribution in [0.15, 0.2) is 42.1 Å². The number of aliphatic hydroxyl groups is 1. The number of carbonyl (C=O) groups excluding carboxylic acids is 2. The second kappa shape index (κ2) is 5.88. The summed E-state index contributed by atoms with van der Waals surface area (Å²) in [6, 6.07) is 9.61. The van der Waals surface area contributed by atoms with Crippen molar-refractivity contribution in [2.45, 2.75) is 26.1 Å². The van der Waals surface area contributed by atoms with E-state index in [1.807, 2.05) is 30.3 Å². The van der Waals surface area contributed by atoms with Gasteiger partial charge in [0, 0.05) is 24.7 Å². The number of aliphatic hydroxyl groups excluding tert-OH is 1. The van der Waals surface area contributed by atoms with Crippen molar-refractivity contribution in [2.75, 3.05) is 0 Å². The smallest absolute Gasteiger partial charge is 0.225 e. The molecule has 2 rings (SSSR count). The predicted molar refractivity (Wildman–Crippen MR) is 74.1 cm³/mol. The fourth-order valence-corrected chi connectivity index (χ4v) is 2.38. The van der Waals surface area contributed by atoms with Crippen molar-refractivity contribution in [3.63, 3.8) is 0 Å². The molecule has 1 amide bonds. The quantitative estimate of drug-likeness (QED) is 0.850. The van der Waals surface area contributed by atoms with Crippen molar-refractivity contribution in [1.82, 2.24) is 4.90 Å². The minimum Gasteiger partial charge on any atom is -0.374 e. The third-order valence-electron chi connectivity index (χ3n) is 3.47. The number of hydrogen-bond donors (Lipinski definition) is 2. The van der Waals surface area contributed by atoms with Crippen LogP contribution in [0, 0.1) is 5.92 Å². The van der Waals surface area contributed by atoms with Crippen LogP contribution in [0.5, 0.6) is 0 Å². The molecule has 0 aliphatic carbocycles. The summed E-state index contributed by atoms with van der Waals surface area (Å²) in [7, 11) is 0. The Labute approximate surface area is 117 Å². The normalized spacial score (nSPS) is 22.3. The molecule has 106 valence electrons. The second-order valence-electron chi connectivity index (χ2n) is 4.97. The summed E-state index contributed by atoms with van der Waals surface area (Å²) in [5.74, 6) is -1.49. The molecule has 0 saturated heterocycles. The molecule has 2 atom stereocenters. The van der Waals surface area contributed by atoms with Gasteiger partial charge in [0.25, 0.3) is 0 Å². The maximum absolute atomic E-state index is 11.6. The van der Waals surface area contributed by atoms with Crippen LogP contribution in [-0.2, 0) is 16.1 Å². The SMILES string of the molecule is CC(=O)C1=CN(Cc2ccccc2)[C@@H](O)C[C@@H]1C(N)=O. The molecule has 5 nitrogen and oxygen atoms in total. The Hall–Kier alpha value is -2.14. The van der Waals surface area contributed by atoms with Gasteiger partial charge in [-0.15, -0.1) is 0 Å². The predicted octanol–water partition coefficient (Wildman–Crippen LogP) is 0.785. The van der Waals surface area contributed by atoms with E-state index in [0.717, 1.165) is 5.56 Å². The lowest BCUT2D eigenvalue weighted by atomic mass is 9.89. The maximum atomic E-state index is 11.6. The van der Waals surface area contributed by atoms with E-state index in [9.17, 15) is 14.7 Å². The minimum atomic E-state index is -0.823. The number of Topliss-reactive ketones (excluding diaryl/α,β-unsaturated/α-hetero) is 1. The first-order valence-electron chi connectivity index (χ1n) is 6.48. The monoisotopic (exact) mass is 274 g/mol. The molecule has 20 heavy (non-hydrogen) atoms. The van der Waals surface area contributed by atoms with Crippen LogP contribution in [0.2, 0.25) is 0 Å². The van der Waals surface area contributed by atoms with Crippen molar-refractivity contribution >= 4 is 11.7 Å². The molecular formula is C15H18N2O3. The van der Waals surface area contributed by atoms with Gasteiger partial charge in [-0.3, -0.25) is 9.59 Å². The van der Waals surface area contributed by atoms with Crippen LogP contribution in [-0.4, -0.2) is 27.9 Å². The number of nitrogens with zero attached hydrogens (tertiary/aromatic N) is 1. The first-order chi connectivity index (χ1) is 9.49. The van der Waals surface area contributed by atoms with Gasteiger partial charge in [0.05, 0.1) is 5.92 Å². The molecule has 0 unspecified atom stereocenters. The summed E-state index contributed by atoms with van der Waals surface area (Å²) < 4.78 is 0. The van der Waals surface area contributed by atoms with Gasteiger partial charge in [-0.25, -0.2) is 0 Å². The highest BCUT2D eigenvalue weighted by molar-refractivity contribution is 5.99. The van der Waals surface area contributed by atoms with Gasteiger partial charge < -0.3 is 15.7 Å². The van der Waals surface area contributed by atoms with Gasteiger partial charge in [-0.1, -0.05) is 30.3 Å². The Balaban J connectivity index is 2.25. The third-order valence-corrected chi connectivity index (χ3v) is 3.47. The van der Waals surface area contributed by atoms with E-state index in [2.05, 4.69) is 0 Å². The summed E-state index contributed by atoms with van der Waals surface area (Å²) in [5, 5.41) is 10.1. The molecule has 0 radical (unpaired) electrons. The zero-order chi connectivity index (χ0) is 14.7. The number of ketones is 1. The van der Waals surface area contributed by atoms with Crippen molar-refractivity contribution in [3.8, 4) is 0 Å². The van der Waals surface area contributed by atoms with Crippen LogP contribution in [0.3, 0.4) is 0 Å². The number of primary amides is 1. The van der Waals surface area contributed by atoms with Gasteiger partial charge in [0.1, 0.15) is 6.23 Å². The van der Waals surface area contributed by atoms with E-state index in [1.165, 1.54) is 6.92 Å². The Morgan fingerprint density at radius 3 is 2.55 bits per heavy atom. The van der Waals surface area contributed by atoms with Gasteiger partial charge in [-0.05, 0) is 12.5 Å². The van der Waals surface area contributed by atoms with E-state index in [0.29, 0.717) is 12.1 Å². The molecule has 0 aromatic heterocycles. The van der Waals surface area contributed by atoms with Gasteiger partial charge in [0.2, 0.25) is 5.91 Å². The summed E-state index contributed by atoms with van der Waals surface area (Å²) in [6.45, 7) is 1.88. The lowest BCUT2D eigenvalue weighted by molar-refractivity contribution is -0.126. The molecule has 0 spiro atoms. The number of benzene rings is 1. The molecule has 1 heterocycles.